The summed E-state index contributed by atoms with van der Waals surface area (Å²) in [5.74, 6) is 0. The van der Waals surface area contributed by atoms with Crippen molar-refractivity contribution in [2.24, 2.45) is 0 Å². The second-order valence-electron chi connectivity index (χ2n) is 0.250. The van der Waals surface area contributed by atoms with Gasteiger partial charge in [0.25, 0.3) is 0 Å². The first kappa shape index (κ1) is 15.7. The molecule has 0 aliphatic carbocycles. The predicted molar refractivity (Wildman–Crippen MR) is 10.1 cm³/mol. The summed E-state index contributed by atoms with van der Waals surface area (Å²) in [6.07, 6.45) is 0. The Morgan fingerprint density at radius 2 is 1.33 bits per heavy atom. The minimum atomic E-state index is -4.29. The molecule has 0 aromatic rings. The Morgan fingerprint density at radius 3 is 1.33 bits per heavy atom. The van der Waals surface area contributed by atoms with Crippen LogP contribution in [0.4, 0.5) is 0 Å². The quantitative estimate of drug-likeness (QED) is 0.414. The van der Waals surface area contributed by atoms with Gasteiger partial charge in [0.2, 0.25) is 0 Å². The van der Waals surface area contributed by atoms with Gasteiger partial charge in [-0.1, -0.05) is 0 Å². The molecular formula is H2O4SnZn. The SMILES string of the molecule is O.[O]=[Sn]([O-])[O-].[Zn+2]. The van der Waals surface area contributed by atoms with Crippen LogP contribution < -0.4 is 6.89 Å². The zero-order chi connectivity index (χ0) is 3.58. The topological polar surface area (TPSA) is 94.7 Å². The molecular weight excluding hydrogens is 248 g/mol. The van der Waals surface area contributed by atoms with Crippen LogP contribution in [0.15, 0.2) is 0 Å². The van der Waals surface area contributed by atoms with Crippen molar-refractivity contribution >= 4 is 20.6 Å². The van der Waals surface area contributed by atoms with E-state index in [0.717, 1.165) is 0 Å². The molecule has 0 unspecified atom stereocenters. The molecule has 0 atom stereocenters. The van der Waals surface area contributed by atoms with E-state index in [1.54, 1.807) is 0 Å². The van der Waals surface area contributed by atoms with Crippen molar-refractivity contribution in [3.63, 3.8) is 0 Å². The molecule has 0 aromatic heterocycles. The van der Waals surface area contributed by atoms with E-state index in [1.807, 2.05) is 0 Å². The molecule has 0 rings (SSSR count). The van der Waals surface area contributed by atoms with Crippen molar-refractivity contribution in [1.29, 1.82) is 0 Å². The first-order valence-electron chi connectivity index (χ1n) is 0.612. The van der Waals surface area contributed by atoms with E-state index in [0.29, 0.717) is 0 Å². The van der Waals surface area contributed by atoms with E-state index in [4.69, 9.17) is 9.96 Å². The van der Waals surface area contributed by atoms with Crippen molar-refractivity contribution in [2.75, 3.05) is 0 Å². The van der Waals surface area contributed by atoms with Crippen LogP contribution in [-0.4, -0.2) is 26.1 Å². The van der Waals surface area contributed by atoms with Gasteiger partial charge in [-0.25, -0.2) is 0 Å². The maximum atomic E-state index is 8.61. The third kappa shape index (κ3) is 70.7. The molecule has 0 saturated carbocycles. The summed E-state index contributed by atoms with van der Waals surface area (Å²) in [5.41, 5.74) is 0. The fourth-order valence-electron chi connectivity index (χ4n) is 0. The molecule has 0 aliphatic heterocycles. The van der Waals surface area contributed by atoms with Crippen molar-refractivity contribution in [3.8, 4) is 0 Å². The smallest absolute Gasteiger partial charge is 2.00 e. The number of hydrogen-bond donors (Lipinski definition) is 0. The van der Waals surface area contributed by atoms with Crippen LogP contribution in [0.1, 0.15) is 0 Å². The first-order chi connectivity index (χ1) is 1.73. The van der Waals surface area contributed by atoms with Crippen molar-refractivity contribution < 1.29 is 34.9 Å². The fraction of sp³-hybridized carbons (Fsp3) is 0. The standard InChI is InChI=1S/H2O.3O.Sn.Zn/h1H2;;;;;/q;;2*-1;;+2. The second kappa shape index (κ2) is 9.44. The van der Waals surface area contributed by atoms with Gasteiger partial charge in [-0.3, -0.25) is 0 Å². The molecule has 0 aromatic carbocycles. The minimum absolute atomic E-state index is 0. The molecule has 0 radical (unpaired) electrons. The molecule has 0 fully saturated rings. The van der Waals surface area contributed by atoms with E-state index in [-0.39, 0.29) is 25.0 Å². The molecule has 2 N–H and O–H groups in total. The Labute approximate surface area is 55.5 Å². The molecule has 0 bridgehead atoms. The molecule has 6 heteroatoms. The Balaban J connectivity index is -0.0000000450. The normalized spacial score (nSPS) is 4.33. The van der Waals surface area contributed by atoms with Gasteiger partial charge >= 0.3 is 50.0 Å². The molecule has 0 amide bonds. The zero-order valence-corrected chi connectivity index (χ0v) is 8.75. The summed E-state index contributed by atoms with van der Waals surface area (Å²) in [5, 5.41) is 0. The Morgan fingerprint density at radius 1 is 1.33 bits per heavy atom. The van der Waals surface area contributed by atoms with Gasteiger partial charge in [0.05, 0.1) is 0 Å². The Kier molecular flexibility index (Phi) is 24.7. The van der Waals surface area contributed by atoms with E-state index >= 15 is 0 Å². The maximum Gasteiger partial charge on any atom is 2.00 e. The number of hydrogen-bond acceptors (Lipinski definition) is 3. The second-order valence-corrected chi connectivity index (χ2v) is 1.68. The van der Waals surface area contributed by atoms with Crippen LogP contribution in [0.25, 0.3) is 0 Å². The van der Waals surface area contributed by atoms with Crippen LogP contribution in [-0.2, 0) is 22.6 Å². The van der Waals surface area contributed by atoms with E-state index in [2.05, 4.69) is 0 Å². The predicted octanol–water partition coefficient (Wildman–Crippen LogP) is -3.70. The van der Waals surface area contributed by atoms with Crippen LogP contribution in [0.2, 0.25) is 0 Å². The van der Waals surface area contributed by atoms with Crippen LogP contribution in [0.3, 0.4) is 0 Å². The summed E-state index contributed by atoms with van der Waals surface area (Å²) in [6, 6.07) is 0. The van der Waals surface area contributed by atoms with E-state index in [9.17, 15) is 0 Å². The largest absolute Gasteiger partial charge is 2.00 e. The van der Waals surface area contributed by atoms with Crippen molar-refractivity contribution in [3.05, 3.63) is 0 Å². The first-order valence-corrected chi connectivity index (χ1v) is 4.11. The van der Waals surface area contributed by atoms with Gasteiger partial charge in [-0.15, -0.1) is 0 Å². The molecule has 6 heavy (non-hydrogen) atoms. The van der Waals surface area contributed by atoms with Gasteiger partial charge in [0, 0.05) is 0 Å². The summed E-state index contributed by atoms with van der Waals surface area (Å²) in [4.78, 5) is 0. The van der Waals surface area contributed by atoms with Crippen LogP contribution >= 0.6 is 0 Å². The average Bonchev–Trinajstić information content (AvgIpc) is 0.811. The Bertz CT molecular complexity index is 30.5. The van der Waals surface area contributed by atoms with Crippen molar-refractivity contribution in [1.82, 2.24) is 0 Å². The van der Waals surface area contributed by atoms with E-state index < -0.39 is 20.6 Å². The van der Waals surface area contributed by atoms with Gasteiger partial charge < -0.3 is 5.48 Å². The zero-order valence-electron chi connectivity index (χ0n) is 2.93. The molecule has 4 nitrogen and oxygen atoms in total. The molecule has 0 aliphatic rings. The fourth-order valence-corrected chi connectivity index (χ4v) is 0. The molecule has 0 spiro atoms. The van der Waals surface area contributed by atoms with Gasteiger partial charge in [0.15, 0.2) is 0 Å². The molecule has 32 valence electrons. The van der Waals surface area contributed by atoms with Crippen LogP contribution in [0, 0.1) is 0 Å². The summed E-state index contributed by atoms with van der Waals surface area (Å²) < 4.78 is 25.8. The average molecular weight is 250 g/mol. The molecule has 0 saturated heterocycles. The Hall–Kier alpha value is 1.10. The van der Waals surface area contributed by atoms with Gasteiger partial charge in [-0.2, -0.15) is 0 Å². The van der Waals surface area contributed by atoms with Gasteiger partial charge in [0.1, 0.15) is 0 Å². The third-order valence-corrected chi connectivity index (χ3v) is 0. The van der Waals surface area contributed by atoms with E-state index in [1.165, 1.54) is 0 Å². The van der Waals surface area contributed by atoms with Gasteiger partial charge in [-0.05, 0) is 0 Å². The van der Waals surface area contributed by atoms with Crippen LogP contribution in [0.5, 0.6) is 0 Å². The summed E-state index contributed by atoms with van der Waals surface area (Å²) >= 11 is -4.29. The molecule has 0 heterocycles. The van der Waals surface area contributed by atoms with Crippen molar-refractivity contribution in [2.45, 2.75) is 0 Å². The minimum Gasteiger partial charge on any atom is 2.00 e. The summed E-state index contributed by atoms with van der Waals surface area (Å²) in [7, 11) is 0. The summed E-state index contributed by atoms with van der Waals surface area (Å²) in [6.45, 7) is 0. The number of rotatable bonds is 0. The third-order valence-electron chi connectivity index (χ3n) is 0. The maximum absolute atomic E-state index is 8.61. The monoisotopic (exact) mass is 250 g/mol.